The zero-order valence-corrected chi connectivity index (χ0v) is 16.6. The predicted molar refractivity (Wildman–Crippen MR) is 109 cm³/mol. The molecule has 0 saturated heterocycles. The fraction of sp³-hybridized carbons (Fsp3) is 0.435. The Morgan fingerprint density at radius 3 is 2.68 bits per heavy atom. The highest BCUT2D eigenvalue weighted by molar-refractivity contribution is 5.78. The minimum atomic E-state index is -0.149. The minimum absolute atomic E-state index is 0.105. The number of fused-ring (bicyclic) bond motifs is 2. The van der Waals surface area contributed by atoms with Crippen molar-refractivity contribution in [3.8, 4) is 11.5 Å². The molecule has 1 heterocycles. The standard InChI is InChI=1S/C23H28N2O3/c1-24(20-11-7-9-17-8-3-4-10-19(17)20)15-23(26)25(2)14-18-16-27-21-12-5-6-13-22(21)28-18/h3-6,8,10,12-13,18,20H,7,9,11,14-16H2,1-2H3/t18-,20-/m1/s1. The van der Waals surface area contributed by atoms with Gasteiger partial charge in [-0.05, 0) is 49.6 Å². The molecule has 4 rings (SSSR count). The lowest BCUT2D eigenvalue weighted by molar-refractivity contribution is -0.132. The summed E-state index contributed by atoms with van der Waals surface area (Å²) in [4.78, 5) is 16.8. The molecule has 1 aliphatic heterocycles. The van der Waals surface area contributed by atoms with Gasteiger partial charge in [-0.25, -0.2) is 0 Å². The summed E-state index contributed by atoms with van der Waals surface area (Å²) >= 11 is 0. The van der Waals surface area contributed by atoms with Crippen LogP contribution in [0.15, 0.2) is 48.5 Å². The summed E-state index contributed by atoms with van der Waals surface area (Å²) < 4.78 is 11.7. The lowest BCUT2D eigenvalue weighted by atomic mass is 9.87. The number of benzene rings is 2. The quantitative estimate of drug-likeness (QED) is 0.798. The van der Waals surface area contributed by atoms with E-state index in [4.69, 9.17) is 9.47 Å². The number of hydrogen-bond acceptors (Lipinski definition) is 4. The van der Waals surface area contributed by atoms with E-state index in [0.29, 0.717) is 25.7 Å². The minimum Gasteiger partial charge on any atom is -0.486 e. The summed E-state index contributed by atoms with van der Waals surface area (Å²) in [5.74, 6) is 1.62. The van der Waals surface area contributed by atoms with Crippen molar-refractivity contribution in [3.63, 3.8) is 0 Å². The Bertz CT molecular complexity index is 838. The third-order valence-corrected chi connectivity index (χ3v) is 5.73. The summed E-state index contributed by atoms with van der Waals surface area (Å²) in [5.41, 5.74) is 2.78. The van der Waals surface area contributed by atoms with E-state index in [2.05, 4.69) is 36.2 Å². The fourth-order valence-corrected chi connectivity index (χ4v) is 4.19. The van der Waals surface area contributed by atoms with Crippen molar-refractivity contribution in [2.45, 2.75) is 31.4 Å². The van der Waals surface area contributed by atoms with E-state index in [-0.39, 0.29) is 12.0 Å². The van der Waals surface area contributed by atoms with Crippen LogP contribution in [0.3, 0.4) is 0 Å². The topological polar surface area (TPSA) is 42.0 Å². The lowest BCUT2D eigenvalue weighted by Crippen LogP contribution is -2.45. The second kappa shape index (κ2) is 8.23. The normalized spacial score (nSPS) is 20.5. The van der Waals surface area contributed by atoms with Gasteiger partial charge in [0.05, 0.1) is 13.1 Å². The van der Waals surface area contributed by atoms with Crippen LogP contribution < -0.4 is 9.47 Å². The molecule has 0 N–H and O–H groups in total. The third-order valence-electron chi connectivity index (χ3n) is 5.73. The van der Waals surface area contributed by atoms with E-state index >= 15 is 0 Å². The average molecular weight is 380 g/mol. The predicted octanol–water partition coefficient (Wildman–Crippen LogP) is 3.29. The van der Waals surface area contributed by atoms with E-state index in [1.165, 1.54) is 17.5 Å². The molecule has 1 aliphatic carbocycles. The summed E-state index contributed by atoms with van der Waals surface area (Å²) in [6.45, 7) is 1.38. The number of nitrogens with zero attached hydrogens (tertiary/aromatic N) is 2. The number of ether oxygens (including phenoxy) is 2. The molecule has 1 amide bonds. The van der Waals surface area contributed by atoms with Crippen molar-refractivity contribution < 1.29 is 14.3 Å². The fourth-order valence-electron chi connectivity index (χ4n) is 4.19. The molecule has 5 heteroatoms. The van der Waals surface area contributed by atoms with Crippen molar-refractivity contribution in [2.24, 2.45) is 0 Å². The van der Waals surface area contributed by atoms with Crippen LogP contribution in [0.25, 0.3) is 0 Å². The van der Waals surface area contributed by atoms with Gasteiger partial charge in [0.25, 0.3) is 0 Å². The molecule has 148 valence electrons. The molecule has 2 aliphatic rings. The van der Waals surface area contributed by atoms with E-state index in [9.17, 15) is 4.79 Å². The second-order valence-electron chi connectivity index (χ2n) is 7.79. The molecule has 0 bridgehead atoms. The van der Waals surface area contributed by atoms with Gasteiger partial charge in [0.2, 0.25) is 5.91 Å². The smallest absolute Gasteiger partial charge is 0.236 e. The van der Waals surface area contributed by atoms with Crippen molar-refractivity contribution in [2.75, 3.05) is 33.8 Å². The van der Waals surface area contributed by atoms with Crippen LogP contribution in [0, 0.1) is 0 Å². The molecule has 0 aromatic heterocycles. The zero-order valence-electron chi connectivity index (χ0n) is 16.6. The maximum Gasteiger partial charge on any atom is 0.236 e. The van der Waals surface area contributed by atoms with Crippen LogP contribution in [-0.2, 0) is 11.2 Å². The third kappa shape index (κ3) is 3.99. The number of para-hydroxylation sites is 2. The van der Waals surface area contributed by atoms with E-state index in [1.54, 1.807) is 4.90 Å². The molecule has 28 heavy (non-hydrogen) atoms. The van der Waals surface area contributed by atoms with Gasteiger partial charge < -0.3 is 14.4 Å². The highest BCUT2D eigenvalue weighted by atomic mass is 16.6. The number of carbonyl (C=O) groups excluding carboxylic acids is 1. The highest BCUT2D eigenvalue weighted by Gasteiger charge is 2.27. The van der Waals surface area contributed by atoms with Crippen LogP contribution in [0.5, 0.6) is 11.5 Å². The first kappa shape index (κ1) is 18.8. The maximum atomic E-state index is 12.8. The first-order chi connectivity index (χ1) is 13.6. The Labute approximate surface area is 166 Å². The molecule has 0 radical (unpaired) electrons. The summed E-state index contributed by atoms with van der Waals surface area (Å²) in [7, 11) is 3.89. The Morgan fingerprint density at radius 2 is 1.82 bits per heavy atom. The lowest BCUT2D eigenvalue weighted by Gasteiger charge is -2.34. The molecule has 0 fully saturated rings. The number of hydrogen-bond donors (Lipinski definition) is 0. The van der Waals surface area contributed by atoms with Gasteiger partial charge >= 0.3 is 0 Å². The van der Waals surface area contributed by atoms with Gasteiger partial charge in [0.15, 0.2) is 17.6 Å². The molecule has 0 spiro atoms. The largest absolute Gasteiger partial charge is 0.486 e. The zero-order chi connectivity index (χ0) is 19.5. The van der Waals surface area contributed by atoms with Crippen LogP contribution >= 0.6 is 0 Å². The van der Waals surface area contributed by atoms with Crippen LogP contribution in [-0.4, -0.2) is 55.6 Å². The molecule has 2 aromatic carbocycles. The molecule has 2 aromatic rings. The molecule has 0 unspecified atom stereocenters. The number of aryl methyl sites for hydroxylation is 1. The average Bonchev–Trinajstić information content (AvgIpc) is 2.73. The first-order valence-corrected chi connectivity index (χ1v) is 10.0. The van der Waals surface area contributed by atoms with Crippen LogP contribution in [0.1, 0.15) is 30.0 Å². The monoisotopic (exact) mass is 380 g/mol. The molecule has 2 atom stereocenters. The number of carbonyl (C=O) groups is 1. The van der Waals surface area contributed by atoms with Gasteiger partial charge in [0, 0.05) is 13.1 Å². The summed E-state index contributed by atoms with van der Waals surface area (Å²) in [5, 5.41) is 0. The Morgan fingerprint density at radius 1 is 1.07 bits per heavy atom. The number of likely N-dealkylation sites (N-methyl/N-ethyl adjacent to an activating group) is 2. The highest BCUT2D eigenvalue weighted by Crippen LogP contribution is 2.33. The van der Waals surface area contributed by atoms with Crippen molar-refractivity contribution in [1.82, 2.24) is 9.80 Å². The van der Waals surface area contributed by atoms with E-state index in [1.807, 2.05) is 31.3 Å². The molecule has 0 saturated carbocycles. The molecular weight excluding hydrogens is 352 g/mol. The van der Waals surface area contributed by atoms with Crippen LogP contribution in [0.4, 0.5) is 0 Å². The summed E-state index contributed by atoms with van der Waals surface area (Å²) in [6, 6.07) is 16.6. The SMILES string of the molecule is CN(C[C@@H]1COc2ccccc2O1)C(=O)CN(C)[C@@H]1CCCc2ccccc21. The molecular formula is C23H28N2O3. The van der Waals surface area contributed by atoms with Crippen LogP contribution in [0.2, 0.25) is 0 Å². The van der Waals surface area contributed by atoms with Crippen molar-refractivity contribution in [1.29, 1.82) is 0 Å². The van der Waals surface area contributed by atoms with E-state index in [0.717, 1.165) is 24.3 Å². The Balaban J connectivity index is 1.34. The second-order valence-corrected chi connectivity index (χ2v) is 7.79. The van der Waals surface area contributed by atoms with Gasteiger partial charge in [-0.1, -0.05) is 36.4 Å². The van der Waals surface area contributed by atoms with Gasteiger partial charge in [-0.2, -0.15) is 0 Å². The molecule has 5 nitrogen and oxygen atoms in total. The maximum absolute atomic E-state index is 12.8. The van der Waals surface area contributed by atoms with Crippen molar-refractivity contribution >= 4 is 5.91 Å². The van der Waals surface area contributed by atoms with Gasteiger partial charge in [0.1, 0.15) is 6.61 Å². The van der Waals surface area contributed by atoms with E-state index < -0.39 is 0 Å². The summed E-state index contributed by atoms with van der Waals surface area (Å²) in [6.07, 6.45) is 3.25. The van der Waals surface area contributed by atoms with Gasteiger partial charge in [-0.15, -0.1) is 0 Å². The number of rotatable bonds is 5. The number of amides is 1. The Kier molecular flexibility index (Phi) is 5.53. The first-order valence-electron chi connectivity index (χ1n) is 10.0. The Hall–Kier alpha value is -2.53. The van der Waals surface area contributed by atoms with Crippen molar-refractivity contribution in [3.05, 3.63) is 59.7 Å². The van der Waals surface area contributed by atoms with Gasteiger partial charge in [-0.3, -0.25) is 9.69 Å².